The van der Waals surface area contributed by atoms with Crippen LogP contribution in [0, 0.1) is 13.8 Å². The van der Waals surface area contributed by atoms with Crippen LogP contribution in [0.25, 0.3) is 22.9 Å². The molecule has 0 unspecified atom stereocenters. The number of nitrogens with zero attached hydrogens (tertiary/aromatic N) is 6. The topological polar surface area (TPSA) is 74.6 Å². The maximum atomic E-state index is 5.76. The first-order chi connectivity index (χ1) is 9.58. The van der Waals surface area contributed by atoms with E-state index in [1.54, 1.807) is 4.68 Å². The first-order valence-electron chi connectivity index (χ1n) is 6.47. The van der Waals surface area contributed by atoms with E-state index in [9.17, 15) is 0 Å². The standard InChI is InChI=1S/C13H16N6O/c1-5-19-7-11(9(3)17-19)13-15-14-12(20-13)10-6-18(4)16-8(10)2/h6-7H,5H2,1-4H3. The normalized spacial score (nSPS) is 11.2. The van der Waals surface area contributed by atoms with Crippen molar-refractivity contribution in [3.8, 4) is 22.9 Å². The van der Waals surface area contributed by atoms with Gasteiger partial charge in [0.25, 0.3) is 11.8 Å². The lowest BCUT2D eigenvalue weighted by molar-refractivity contribution is 0.583. The largest absolute Gasteiger partial charge is 0.416 e. The predicted octanol–water partition coefficient (Wildman–Crippen LogP) is 1.97. The van der Waals surface area contributed by atoms with Gasteiger partial charge in [0.15, 0.2) is 0 Å². The third kappa shape index (κ3) is 2.01. The highest BCUT2D eigenvalue weighted by Gasteiger charge is 2.17. The van der Waals surface area contributed by atoms with E-state index < -0.39 is 0 Å². The van der Waals surface area contributed by atoms with E-state index in [-0.39, 0.29) is 0 Å². The van der Waals surface area contributed by atoms with Crippen molar-refractivity contribution in [1.82, 2.24) is 29.8 Å². The van der Waals surface area contributed by atoms with Crippen molar-refractivity contribution in [3.63, 3.8) is 0 Å². The van der Waals surface area contributed by atoms with Gasteiger partial charge in [0, 0.05) is 26.0 Å². The Kier molecular flexibility index (Phi) is 2.89. The van der Waals surface area contributed by atoms with Gasteiger partial charge in [-0.3, -0.25) is 9.36 Å². The summed E-state index contributed by atoms with van der Waals surface area (Å²) in [6.07, 6.45) is 3.79. The highest BCUT2D eigenvalue weighted by Crippen LogP contribution is 2.26. The Hall–Kier alpha value is -2.44. The minimum absolute atomic E-state index is 0.481. The van der Waals surface area contributed by atoms with Crippen molar-refractivity contribution in [2.24, 2.45) is 7.05 Å². The molecule has 0 aliphatic heterocycles. The molecule has 7 nitrogen and oxygen atoms in total. The third-order valence-electron chi connectivity index (χ3n) is 3.17. The maximum Gasteiger partial charge on any atom is 0.251 e. The molecule has 0 aliphatic carbocycles. The molecule has 0 spiro atoms. The molecule has 0 N–H and O–H groups in total. The SMILES string of the molecule is CCn1cc(-c2nnc(-c3cn(C)nc3C)o2)c(C)n1. The highest BCUT2D eigenvalue weighted by atomic mass is 16.4. The van der Waals surface area contributed by atoms with Crippen molar-refractivity contribution in [3.05, 3.63) is 23.8 Å². The van der Waals surface area contributed by atoms with Gasteiger partial charge in [-0.2, -0.15) is 10.2 Å². The minimum atomic E-state index is 0.481. The number of hydrogen-bond acceptors (Lipinski definition) is 5. The number of aryl methyl sites for hydroxylation is 4. The molecule has 3 aromatic heterocycles. The first kappa shape index (κ1) is 12.6. The van der Waals surface area contributed by atoms with E-state index in [0.717, 1.165) is 29.1 Å². The van der Waals surface area contributed by atoms with Gasteiger partial charge >= 0.3 is 0 Å². The lowest BCUT2D eigenvalue weighted by Gasteiger charge is -1.91. The van der Waals surface area contributed by atoms with E-state index in [1.165, 1.54) is 0 Å². The molecule has 0 atom stereocenters. The fourth-order valence-corrected chi connectivity index (χ4v) is 2.14. The highest BCUT2D eigenvalue weighted by molar-refractivity contribution is 5.59. The fraction of sp³-hybridized carbons (Fsp3) is 0.385. The minimum Gasteiger partial charge on any atom is -0.416 e. The van der Waals surface area contributed by atoms with Crippen molar-refractivity contribution >= 4 is 0 Å². The lowest BCUT2D eigenvalue weighted by atomic mass is 10.2. The summed E-state index contributed by atoms with van der Waals surface area (Å²) in [6.45, 7) is 6.69. The van der Waals surface area contributed by atoms with Gasteiger partial charge < -0.3 is 4.42 Å². The Morgan fingerprint density at radius 2 is 1.60 bits per heavy atom. The molecular weight excluding hydrogens is 256 g/mol. The zero-order chi connectivity index (χ0) is 14.3. The number of hydrogen-bond donors (Lipinski definition) is 0. The summed E-state index contributed by atoms with van der Waals surface area (Å²) in [4.78, 5) is 0. The van der Waals surface area contributed by atoms with Crippen LogP contribution in [-0.4, -0.2) is 29.8 Å². The van der Waals surface area contributed by atoms with Gasteiger partial charge in [0.05, 0.1) is 22.5 Å². The molecule has 0 aliphatic rings. The summed E-state index contributed by atoms with van der Waals surface area (Å²) in [5.74, 6) is 0.967. The van der Waals surface area contributed by atoms with Crippen LogP contribution >= 0.6 is 0 Å². The van der Waals surface area contributed by atoms with Gasteiger partial charge in [-0.15, -0.1) is 10.2 Å². The molecule has 0 saturated heterocycles. The molecule has 3 heterocycles. The van der Waals surface area contributed by atoms with E-state index in [2.05, 4.69) is 20.4 Å². The lowest BCUT2D eigenvalue weighted by Crippen LogP contribution is -1.93. The van der Waals surface area contributed by atoms with Gasteiger partial charge in [-0.1, -0.05) is 0 Å². The van der Waals surface area contributed by atoms with E-state index >= 15 is 0 Å². The zero-order valence-corrected chi connectivity index (χ0v) is 12.0. The Morgan fingerprint density at radius 1 is 1.00 bits per heavy atom. The Balaban J connectivity index is 2.01. The first-order valence-corrected chi connectivity index (χ1v) is 6.47. The second-order valence-corrected chi connectivity index (χ2v) is 4.70. The summed E-state index contributed by atoms with van der Waals surface area (Å²) in [5, 5.41) is 16.9. The molecule has 0 fully saturated rings. The van der Waals surface area contributed by atoms with Crippen LogP contribution < -0.4 is 0 Å². The summed E-state index contributed by atoms with van der Waals surface area (Å²) >= 11 is 0. The van der Waals surface area contributed by atoms with E-state index in [0.29, 0.717) is 11.8 Å². The second kappa shape index (κ2) is 4.59. The molecule has 20 heavy (non-hydrogen) atoms. The Labute approximate surface area is 116 Å². The second-order valence-electron chi connectivity index (χ2n) is 4.70. The van der Waals surface area contributed by atoms with Gasteiger partial charge in [-0.05, 0) is 20.8 Å². The van der Waals surface area contributed by atoms with Crippen LogP contribution in [0.5, 0.6) is 0 Å². The molecule has 0 amide bonds. The molecule has 0 bridgehead atoms. The van der Waals surface area contributed by atoms with Crippen molar-refractivity contribution in [2.75, 3.05) is 0 Å². The van der Waals surface area contributed by atoms with Crippen LogP contribution in [0.15, 0.2) is 16.8 Å². The van der Waals surface area contributed by atoms with Gasteiger partial charge in [-0.25, -0.2) is 0 Å². The molecule has 3 aromatic rings. The van der Waals surface area contributed by atoms with Crippen LogP contribution in [0.1, 0.15) is 18.3 Å². The number of rotatable bonds is 3. The van der Waals surface area contributed by atoms with Crippen LogP contribution in [0.4, 0.5) is 0 Å². The fourth-order valence-electron chi connectivity index (χ4n) is 2.14. The monoisotopic (exact) mass is 272 g/mol. The molecule has 0 saturated carbocycles. The molecule has 0 aromatic carbocycles. The average Bonchev–Trinajstić information content (AvgIpc) is 3.08. The summed E-state index contributed by atoms with van der Waals surface area (Å²) in [6, 6.07) is 0. The maximum absolute atomic E-state index is 5.76. The Morgan fingerprint density at radius 3 is 2.10 bits per heavy atom. The van der Waals surface area contributed by atoms with Gasteiger partial charge in [0.2, 0.25) is 0 Å². The van der Waals surface area contributed by atoms with Crippen molar-refractivity contribution < 1.29 is 4.42 Å². The smallest absolute Gasteiger partial charge is 0.251 e. The Bertz CT molecular complexity index is 751. The summed E-state index contributed by atoms with van der Waals surface area (Å²) in [7, 11) is 1.86. The van der Waals surface area contributed by atoms with Crippen molar-refractivity contribution in [2.45, 2.75) is 27.3 Å². The molecule has 0 radical (unpaired) electrons. The molecule has 104 valence electrons. The van der Waals surface area contributed by atoms with Crippen LogP contribution in [-0.2, 0) is 13.6 Å². The molecule has 7 heteroatoms. The van der Waals surface area contributed by atoms with Gasteiger partial charge in [0.1, 0.15) is 0 Å². The van der Waals surface area contributed by atoms with E-state index in [4.69, 9.17) is 4.42 Å². The van der Waals surface area contributed by atoms with E-state index in [1.807, 2.05) is 44.9 Å². The number of aromatic nitrogens is 6. The zero-order valence-electron chi connectivity index (χ0n) is 12.0. The predicted molar refractivity (Wildman–Crippen MR) is 72.9 cm³/mol. The summed E-state index contributed by atoms with van der Waals surface area (Å²) < 4.78 is 9.34. The molecular formula is C13H16N6O. The van der Waals surface area contributed by atoms with Crippen molar-refractivity contribution in [1.29, 1.82) is 0 Å². The average molecular weight is 272 g/mol. The third-order valence-corrected chi connectivity index (χ3v) is 3.17. The van der Waals surface area contributed by atoms with Crippen LogP contribution in [0.3, 0.4) is 0 Å². The molecule has 3 rings (SSSR count). The summed E-state index contributed by atoms with van der Waals surface area (Å²) in [5.41, 5.74) is 3.47. The van der Waals surface area contributed by atoms with Crippen LogP contribution in [0.2, 0.25) is 0 Å². The quantitative estimate of drug-likeness (QED) is 0.728.